The number of benzene rings is 2. The van der Waals surface area contributed by atoms with Crippen LogP contribution in [0.4, 0.5) is 4.39 Å². The van der Waals surface area contributed by atoms with Crippen LogP contribution in [-0.2, 0) is 22.4 Å². The Bertz CT molecular complexity index is 684. The normalized spacial score (nSPS) is 17.3. The second kappa shape index (κ2) is 5.96. The van der Waals surface area contributed by atoms with Gasteiger partial charge in [0.05, 0.1) is 11.6 Å². The standard InChI is InChI=1S/C17H14ClFO2/c18-16-12(5-3-7-14(16)19)10-15(20)17-13-6-2-1-4-11(13)8-9-21-17/h1-7,17H,8-10H2. The highest BCUT2D eigenvalue weighted by Gasteiger charge is 2.27. The van der Waals surface area contributed by atoms with Gasteiger partial charge in [-0.05, 0) is 29.2 Å². The van der Waals surface area contributed by atoms with Crippen molar-refractivity contribution in [1.82, 2.24) is 0 Å². The smallest absolute Gasteiger partial charge is 0.170 e. The average molecular weight is 305 g/mol. The maximum atomic E-state index is 13.4. The van der Waals surface area contributed by atoms with Gasteiger partial charge in [0.25, 0.3) is 0 Å². The van der Waals surface area contributed by atoms with E-state index in [1.54, 1.807) is 12.1 Å². The number of hydrogen-bond acceptors (Lipinski definition) is 2. The minimum atomic E-state index is -0.589. The fourth-order valence-corrected chi connectivity index (χ4v) is 2.82. The molecule has 0 saturated heterocycles. The number of ketones is 1. The van der Waals surface area contributed by atoms with Gasteiger partial charge in [-0.3, -0.25) is 4.79 Å². The van der Waals surface area contributed by atoms with Crippen molar-refractivity contribution in [2.75, 3.05) is 6.61 Å². The van der Waals surface area contributed by atoms with Crippen molar-refractivity contribution in [3.8, 4) is 0 Å². The fourth-order valence-electron chi connectivity index (χ4n) is 2.63. The number of ether oxygens (including phenoxy) is 1. The molecule has 0 N–H and O–H groups in total. The summed E-state index contributed by atoms with van der Waals surface area (Å²) < 4.78 is 19.1. The van der Waals surface area contributed by atoms with Gasteiger partial charge in [-0.15, -0.1) is 0 Å². The lowest BCUT2D eigenvalue weighted by Crippen LogP contribution is -2.24. The summed E-state index contributed by atoms with van der Waals surface area (Å²) in [7, 11) is 0. The van der Waals surface area contributed by atoms with Gasteiger partial charge in [0.15, 0.2) is 5.78 Å². The number of carbonyl (C=O) groups is 1. The highest BCUT2D eigenvalue weighted by atomic mass is 35.5. The lowest BCUT2D eigenvalue weighted by Gasteiger charge is -2.25. The van der Waals surface area contributed by atoms with E-state index in [1.807, 2.05) is 24.3 Å². The second-order valence-corrected chi connectivity index (χ2v) is 5.43. The fraction of sp³-hybridized carbons (Fsp3) is 0.235. The summed E-state index contributed by atoms with van der Waals surface area (Å²) in [6.45, 7) is 0.518. The zero-order chi connectivity index (χ0) is 14.8. The number of halogens is 2. The van der Waals surface area contributed by atoms with Crippen LogP contribution in [0.15, 0.2) is 42.5 Å². The molecule has 0 amide bonds. The third kappa shape index (κ3) is 2.85. The predicted molar refractivity (Wildman–Crippen MR) is 79.0 cm³/mol. The molecule has 0 fully saturated rings. The summed E-state index contributed by atoms with van der Waals surface area (Å²) >= 11 is 5.91. The van der Waals surface area contributed by atoms with Crippen molar-refractivity contribution >= 4 is 17.4 Å². The monoisotopic (exact) mass is 304 g/mol. The third-order valence-corrected chi connectivity index (χ3v) is 4.11. The summed E-state index contributed by atoms with van der Waals surface area (Å²) in [4.78, 5) is 12.5. The van der Waals surface area contributed by atoms with Crippen LogP contribution >= 0.6 is 11.6 Å². The molecule has 3 rings (SSSR count). The lowest BCUT2D eigenvalue weighted by atomic mass is 9.93. The van der Waals surface area contributed by atoms with Crippen LogP contribution in [0.25, 0.3) is 0 Å². The molecule has 0 aliphatic carbocycles. The predicted octanol–water partition coefficient (Wildman–Crippen LogP) is 3.90. The molecule has 1 heterocycles. The highest BCUT2D eigenvalue weighted by Crippen LogP contribution is 2.30. The van der Waals surface area contributed by atoms with E-state index in [4.69, 9.17) is 16.3 Å². The maximum Gasteiger partial charge on any atom is 0.170 e. The Labute approximate surface area is 127 Å². The lowest BCUT2D eigenvalue weighted by molar-refractivity contribution is -0.131. The molecular weight excluding hydrogens is 291 g/mol. The minimum Gasteiger partial charge on any atom is -0.365 e. The van der Waals surface area contributed by atoms with Crippen LogP contribution in [-0.4, -0.2) is 12.4 Å². The molecule has 0 spiro atoms. The maximum absolute atomic E-state index is 13.4. The first-order valence-electron chi connectivity index (χ1n) is 6.82. The van der Waals surface area contributed by atoms with Crippen molar-refractivity contribution in [1.29, 1.82) is 0 Å². The van der Waals surface area contributed by atoms with E-state index in [-0.39, 0.29) is 17.2 Å². The molecule has 2 nitrogen and oxygen atoms in total. The zero-order valence-electron chi connectivity index (χ0n) is 11.3. The zero-order valence-corrected chi connectivity index (χ0v) is 12.1. The van der Waals surface area contributed by atoms with Gasteiger partial charge in [-0.25, -0.2) is 4.39 Å². The Morgan fingerprint density at radius 2 is 2.05 bits per heavy atom. The Morgan fingerprint density at radius 1 is 1.24 bits per heavy atom. The summed E-state index contributed by atoms with van der Waals surface area (Å²) in [5.41, 5.74) is 2.53. The van der Waals surface area contributed by atoms with Crippen molar-refractivity contribution in [2.45, 2.75) is 18.9 Å². The van der Waals surface area contributed by atoms with E-state index in [0.29, 0.717) is 12.2 Å². The van der Waals surface area contributed by atoms with Gasteiger partial charge in [-0.2, -0.15) is 0 Å². The summed E-state index contributed by atoms with van der Waals surface area (Å²) in [5.74, 6) is -0.610. The van der Waals surface area contributed by atoms with Gasteiger partial charge in [-0.1, -0.05) is 48.0 Å². The van der Waals surface area contributed by atoms with Crippen LogP contribution in [0.1, 0.15) is 22.8 Å². The SMILES string of the molecule is O=C(Cc1cccc(F)c1Cl)C1OCCc2ccccc21. The van der Waals surface area contributed by atoms with Crippen molar-refractivity contribution < 1.29 is 13.9 Å². The van der Waals surface area contributed by atoms with Crippen molar-refractivity contribution in [3.63, 3.8) is 0 Å². The van der Waals surface area contributed by atoms with E-state index in [9.17, 15) is 9.18 Å². The van der Waals surface area contributed by atoms with Crippen LogP contribution in [0.5, 0.6) is 0 Å². The van der Waals surface area contributed by atoms with E-state index in [2.05, 4.69) is 0 Å². The van der Waals surface area contributed by atoms with Gasteiger partial charge in [0.2, 0.25) is 0 Å². The Morgan fingerprint density at radius 3 is 2.90 bits per heavy atom. The van der Waals surface area contributed by atoms with Gasteiger partial charge >= 0.3 is 0 Å². The van der Waals surface area contributed by atoms with Crippen molar-refractivity contribution in [3.05, 3.63) is 70.0 Å². The summed E-state index contributed by atoms with van der Waals surface area (Å²) in [6.07, 6.45) is 0.283. The number of fused-ring (bicyclic) bond motifs is 1. The first kappa shape index (κ1) is 14.2. The molecule has 21 heavy (non-hydrogen) atoms. The van der Waals surface area contributed by atoms with E-state index >= 15 is 0 Å². The molecule has 1 aliphatic heterocycles. The summed E-state index contributed by atoms with van der Waals surface area (Å²) in [6, 6.07) is 12.3. The van der Waals surface area contributed by atoms with E-state index in [1.165, 1.54) is 6.07 Å². The molecule has 108 valence electrons. The molecule has 0 radical (unpaired) electrons. The molecule has 0 saturated carbocycles. The topological polar surface area (TPSA) is 26.3 Å². The molecule has 1 unspecified atom stereocenters. The first-order chi connectivity index (χ1) is 10.2. The quantitative estimate of drug-likeness (QED) is 0.859. The van der Waals surface area contributed by atoms with Crippen molar-refractivity contribution in [2.24, 2.45) is 0 Å². The molecule has 0 bridgehead atoms. The first-order valence-corrected chi connectivity index (χ1v) is 7.19. The summed E-state index contributed by atoms with van der Waals surface area (Å²) in [5, 5.41) is 0.00921. The van der Waals surface area contributed by atoms with Gasteiger partial charge in [0, 0.05) is 6.42 Å². The minimum absolute atomic E-state index is 0.00921. The second-order valence-electron chi connectivity index (χ2n) is 5.06. The Balaban J connectivity index is 1.85. The third-order valence-electron chi connectivity index (χ3n) is 3.68. The van der Waals surface area contributed by atoms with Crippen LogP contribution < -0.4 is 0 Å². The molecule has 1 aliphatic rings. The molecular formula is C17H14ClFO2. The Kier molecular flexibility index (Phi) is 4.04. The molecule has 4 heteroatoms. The molecule has 0 aromatic heterocycles. The highest BCUT2D eigenvalue weighted by molar-refractivity contribution is 6.31. The number of Topliss-reactive ketones (excluding diaryl/α,β-unsaturated/α-hetero) is 1. The van der Waals surface area contributed by atoms with E-state index < -0.39 is 11.9 Å². The molecule has 2 aromatic carbocycles. The Hall–Kier alpha value is -1.71. The van der Waals surface area contributed by atoms with E-state index in [0.717, 1.165) is 17.5 Å². The van der Waals surface area contributed by atoms with Gasteiger partial charge in [0.1, 0.15) is 11.9 Å². The number of hydrogen-bond donors (Lipinski definition) is 0. The largest absolute Gasteiger partial charge is 0.365 e. The van der Waals surface area contributed by atoms with Crippen LogP contribution in [0.2, 0.25) is 5.02 Å². The molecule has 2 aromatic rings. The number of carbonyl (C=O) groups excluding carboxylic acids is 1. The molecule has 1 atom stereocenters. The number of rotatable bonds is 3. The van der Waals surface area contributed by atoms with Crippen LogP contribution in [0.3, 0.4) is 0 Å². The van der Waals surface area contributed by atoms with Gasteiger partial charge < -0.3 is 4.74 Å². The van der Waals surface area contributed by atoms with Crippen LogP contribution in [0, 0.1) is 5.82 Å². The average Bonchev–Trinajstić information content (AvgIpc) is 2.51.